The van der Waals surface area contributed by atoms with Crippen molar-refractivity contribution in [2.75, 3.05) is 4.90 Å². The van der Waals surface area contributed by atoms with E-state index >= 15 is 0 Å². The van der Waals surface area contributed by atoms with Gasteiger partial charge in [0.2, 0.25) is 0 Å². The number of hydrogen-bond donors (Lipinski definition) is 0. The van der Waals surface area contributed by atoms with Crippen molar-refractivity contribution in [3.8, 4) is 26.8 Å². The zero-order valence-electron chi connectivity index (χ0n) is 32.0. The van der Waals surface area contributed by atoms with Gasteiger partial charge in [-0.1, -0.05) is 140 Å². The molecule has 0 saturated heterocycles. The Morgan fingerprint density at radius 3 is 1.59 bits per heavy atom. The second kappa shape index (κ2) is 12.5. The third kappa shape index (κ3) is 4.80. The van der Waals surface area contributed by atoms with E-state index in [0.29, 0.717) is 0 Å². The minimum Gasteiger partial charge on any atom is -0.310 e. The fourth-order valence-electron chi connectivity index (χ4n) is 9.53. The molecular weight excluding hydrogens is 725 g/mol. The molecule has 12 rings (SSSR count). The Morgan fingerprint density at radius 2 is 0.914 bits per heavy atom. The molecule has 4 nitrogen and oxygen atoms in total. The first-order chi connectivity index (χ1) is 28.5. The van der Waals surface area contributed by atoms with Crippen LogP contribution in [-0.2, 0) is 5.41 Å². The number of benzene rings is 9. The van der Waals surface area contributed by atoms with Crippen LogP contribution in [0.4, 0.5) is 17.1 Å². The highest BCUT2D eigenvalue weighted by Crippen LogP contribution is 2.54. The SMILES string of the molecule is CC1(C)c2ccccc2N(c2ccc(-c3nnc(-c4ccccc4)s3)cc2)c2cc3c(cc21)c1cc2c4ccccc4c4ccccc4c2cc1n3-c1ccccc1. The van der Waals surface area contributed by atoms with Crippen molar-refractivity contribution >= 4 is 82.5 Å². The van der Waals surface area contributed by atoms with Crippen LogP contribution in [0.5, 0.6) is 0 Å². The normalized spacial score (nSPS) is 13.4. The van der Waals surface area contributed by atoms with E-state index < -0.39 is 0 Å². The van der Waals surface area contributed by atoms with Gasteiger partial charge in [0.1, 0.15) is 10.0 Å². The molecule has 3 heterocycles. The molecule has 11 aromatic rings. The van der Waals surface area contributed by atoms with Gasteiger partial charge < -0.3 is 9.47 Å². The Kier molecular flexibility index (Phi) is 7.11. The average molecular weight is 761 g/mol. The van der Waals surface area contributed by atoms with Crippen LogP contribution in [0.15, 0.2) is 182 Å². The molecule has 58 heavy (non-hydrogen) atoms. The number of rotatable bonds is 4. The Labute approximate surface area is 339 Å². The first kappa shape index (κ1) is 33.1. The molecule has 0 radical (unpaired) electrons. The van der Waals surface area contributed by atoms with Gasteiger partial charge in [0.25, 0.3) is 0 Å². The maximum Gasteiger partial charge on any atom is 0.148 e. The highest BCUT2D eigenvalue weighted by atomic mass is 32.1. The lowest BCUT2D eigenvalue weighted by Crippen LogP contribution is -2.30. The van der Waals surface area contributed by atoms with Crippen LogP contribution in [0, 0.1) is 0 Å². The minimum atomic E-state index is -0.252. The molecule has 9 aromatic carbocycles. The molecule has 2 aromatic heterocycles. The molecule has 0 saturated carbocycles. The maximum absolute atomic E-state index is 4.59. The van der Waals surface area contributed by atoms with Gasteiger partial charge in [-0.3, -0.25) is 0 Å². The largest absolute Gasteiger partial charge is 0.310 e. The van der Waals surface area contributed by atoms with Gasteiger partial charge in [-0.15, -0.1) is 10.2 Å². The molecule has 0 amide bonds. The van der Waals surface area contributed by atoms with E-state index in [1.54, 1.807) is 11.3 Å². The molecule has 0 atom stereocenters. The molecule has 0 bridgehead atoms. The molecule has 0 spiro atoms. The predicted octanol–water partition coefficient (Wildman–Crippen LogP) is 14.5. The fourth-order valence-corrected chi connectivity index (χ4v) is 10.4. The van der Waals surface area contributed by atoms with Gasteiger partial charge in [0, 0.05) is 38.7 Å². The summed E-state index contributed by atoms with van der Waals surface area (Å²) in [5.41, 5.74) is 11.5. The van der Waals surface area contributed by atoms with Gasteiger partial charge in [-0.2, -0.15) is 0 Å². The van der Waals surface area contributed by atoms with E-state index in [9.17, 15) is 0 Å². The van der Waals surface area contributed by atoms with Crippen molar-refractivity contribution in [1.29, 1.82) is 0 Å². The molecule has 0 fully saturated rings. The van der Waals surface area contributed by atoms with Crippen molar-refractivity contribution < 1.29 is 0 Å². The van der Waals surface area contributed by atoms with Crippen molar-refractivity contribution in [2.24, 2.45) is 0 Å². The predicted molar refractivity (Wildman–Crippen MR) is 244 cm³/mol. The molecule has 0 aliphatic carbocycles. The highest BCUT2D eigenvalue weighted by Gasteiger charge is 2.38. The molecule has 1 aliphatic heterocycles. The van der Waals surface area contributed by atoms with E-state index in [4.69, 9.17) is 0 Å². The van der Waals surface area contributed by atoms with Crippen molar-refractivity contribution in [1.82, 2.24) is 14.8 Å². The number of aromatic nitrogens is 3. The Bertz CT molecular complexity index is 3420. The number of nitrogens with zero attached hydrogens (tertiary/aromatic N) is 4. The lowest BCUT2D eigenvalue weighted by molar-refractivity contribution is 0.633. The third-order valence-corrected chi connectivity index (χ3v) is 13.3. The summed E-state index contributed by atoms with van der Waals surface area (Å²) in [5, 5.41) is 21.2. The van der Waals surface area contributed by atoms with Crippen LogP contribution < -0.4 is 4.90 Å². The van der Waals surface area contributed by atoms with E-state index in [1.165, 1.54) is 76.6 Å². The minimum absolute atomic E-state index is 0.252. The number of fused-ring (bicyclic) bond motifs is 11. The molecule has 0 unspecified atom stereocenters. The van der Waals surface area contributed by atoms with Crippen LogP contribution in [0.2, 0.25) is 0 Å². The maximum atomic E-state index is 4.59. The first-order valence-electron chi connectivity index (χ1n) is 19.8. The number of anilines is 3. The summed E-state index contributed by atoms with van der Waals surface area (Å²) in [4.78, 5) is 2.46. The molecular formula is C53H36N4S. The Hall–Kier alpha value is -7.08. The van der Waals surface area contributed by atoms with Gasteiger partial charge in [0.05, 0.1) is 22.4 Å². The lowest BCUT2D eigenvalue weighted by atomic mass is 9.73. The van der Waals surface area contributed by atoms with E-state index in [2.05, 4.69) is 197 Å². The van der Waals surface area contributed by atoms with Gasteiger partial charge in [-0.05, 0) is 110 Å². The Balaban J connectivity index is 1.12. The second-order valence-corrected chi connectivity index (χ2v) is 16.8. The average Bonchev–Trinajstić information content (AvgIpc) is 3.90. The summed E-state index contributed by atoms with van der Waals surface area (Å²) in [6, 6.07) is 66.4. The molecule has 274 valence electrons. The number of hydrogen-bond acceptors (Lipinski definition) is 4. The first-order valence-corrected chi connectivity index (χ1v) is 20.6. The summed E-state index contributed by atoms with van der Waals surface area (Å²) >= 11 is 1.62. The fraction of sp³-hybridized carbons (Fsp3) is 0.0566. The van der Waals surface area contributed by atoms with E-state index in [-0.39, 0.29) is 5.41 Å². The molecule has 1 aliphatic rings. The van der Waals surface area contributed by atoms with Gasteiger partial charge >= 0.3 is 0 Å². The summed E-state index contributed by atoms with van der Waals surface area (Å²) in [6.07, 6.45) is 0. The third-order valence-electron chi connectivity index (χ3n) is 12.3. The van der Waals surface area contributed by atoms with Crippen LogP contribution in [0.25, 0.3) is 81.0 Å². The molecule has 5 heteroatoms. The van der Waals surface area contributed by atoms with Crippen LogP contribution in [0.1, 0.15) is 25.0 Å². The summed E-state index contributed by atoms with van der Waals surface area (Å²) in [6.45, 7) is 4.75. The summed E-state index contributed by atoms with van der Waals surface area (Å²) in [7, 11) is 0. The standard InChI is InChI=1S/C53H36N4S/c1-53(2)45-23-13-14-24-47(45)56(36-27-25-34(26-28-36)52-55-54-51(58-52)33-15-5-3-6-16-33)50-32-49-44(30-46(50)53)43-29-41-39-21-11-9-19-37(39)38-20-10-12-22-40(38)42(41)31-48(43)57(49)35-17-7-4-8-18-35/h3-32H,1-2H3. The van der Waals surface area contributed by atoms with Gasteiger partial charge in [-0.25, -0.2) is 0 Å². The summed E-state index contributed by atoms with van der Waals surface area (Å²) in [5.74, 6) is 0. The number of para-hydroxylation sites is 2. The van der Waals surface area contributed by atoms with E-state index in [0.717, 1.165) is 32.5 Å². The smallest absolute Gasteiger partial charge is 0.148 e. The monoisotopic (exact) mass is 760 g/mol. The van der Waals surface area contributed by atoms with Crippen LogP contribution in [0.3, 0.4) is 0 Å². The van der Waals surface area contributed by atoms with Crippen molar-refractivity contribution in [3.63, 3.8) is 0 Å². The zero-order chi connectivity index (χ0) is 38.5. The van der Waals surface area contributed by atoms with Gasteiger partial charge in [0.15, 0.2) is 0 Å². The highest BCUT2D eigenvalue weighted by molar-refractivity contribution is 7.17. The van der Waals surface area contributed by atoms with Crippen molar-refractivity contribution in [2.45, 2.75) is 19.3 Å². The quantitative estimate of drug-likeness (QED) is 0.168. The topological polar surface area (TPSA) is 34.0 Å². The van der Waals surface area contributed by atoms with E-state index in [1.807, 2.05) is 18.2 Å². The van der Waals surface area contributed by atoms with Crippen molar-refractivity contribution in [3.05, 3.63) is 193 Å². The lowest BCUT2D eigenvalue weighted by Gasteiger charge is -2.42. The summed E-state index contributed by atoms with van der Waals surface area (Å²) < 4.78 is 2.48. The van der Waals surface area contributed by atoms with Crippen LogP contribution >= 0.6 is 11.3 Å². The zero-order valence-corrected chi connectivity index (χ0v) is 32.8. The van der Waals surface area contributed by atoms with Crippen LogP contribution in [-0.4, -0.2) is 14.8 Å². The molecule has 0 N–H and O–H groups in total. The second-order valence-electron chi connectivity index (χ2n) is 15.9. The Morgan fingerprint density at radius 1 is 0.397 bits per heavy atom.